The minimum atomic E-state index is -0.141. The van der Waals surface area contributed by atoms with Crippen LogP contribution in [0.1, 0.15) is 10.4 Å². The summed E-state index contributed by atoms with van der Waals surface area (Å²) in [4.78, 5) is 23.2. The van der Waals surface area contributed by atoms with Crippen LogP contribution in [0, 0.1) is 0 Å². The Bertz CT molecular complexity index is 1490. The third-order valence-electron chi connectivity index (χ3n) is 6.51. The smallest absolute Gasteiger partial charge is 0.255 e. The number of aromatic amines is 1. The van der Waals surface area contributed by atoms with Crippen LogP contribution in [0.3, 0.4) is 0 Å². The zero-order chi connectivity index (χ0) is 24.3. The Balaban J connectivity index is 1.15. The predicted molar refractivity (Wildman–Crippen MR) is 144 cm³/mol. The molecule has 0 bridgehead atoms. The Morgan fingerprint density at radius 3 is 2.28 bits per heavy atom. The van der Waals surface area contributed by atoms with Crippen molar-refractivity contribution in [2.45, 2.75) is 0 Å². The average Bonchev–Trinajstić information content (AvgIpc) is 3.38. The van der Waals surface area contributed by atoms with Gasteiger partial charge in [-0.1, -0.05) is 48.5 Å². The first kappa shape index (κ1) is 22.1. The van der Waals surface area contributed by atoms with E-state index in [1.807, 2.05) is 72.8 Å². The minimum absolute atomic E-state index is 0.141. The number of rotatable bonds is 5. The SMILES string of the molecule is O=C(Nc1ccc(N2CCOCC2)cc1)c1ccc(-c2nc3ccc(-c4ccccc4)cc3[nH]2)cc1. The predicted octanol–water partition coefficient (Wildman–Crippen LogP) is 5.99. The quantitative estimate of drug-likeness (QED) is 0.328. The second kappa shape index (κ2) is 9.68. The van der Waals surface area contributed by atoms with Crippen LogP contribution >= 0.6 is 0 Å². The van der Waals surface area contributed by atoms with Crippen molar-refractivity contribution >= 4 is 28.3 Å². The van der Waals surface area contributed by atoms with Crippen LogP contribution < -0.4 is 10.2 Å². The topological polar surface area (TPSA) is 70.2 Å². The molecule has 1 aliphatic heterocycles. The molecule has 1 aliphatic rings. The number of amides is 1. The van der Waals surface area contributed by atoms with Gasteiger partial charge in [-0.2, -0.15) is 0 Å². The maximum absolute atomic E-state index is 12.8. The molecule has 1 amide bonds. The highest BCUT2D eigenvalue weighted by Gasteiger charge is 2.12. The molecule has 1 aromatic heterocycles. The summed E-state index contributed by atoms with van der Waals surface area (Å²) in [5.74, 6) is 0.638. The fraction of sp³-hybridized carbons (Fsp3) is 0.133. The lowest BCUT2D eigenvalue weighted by molar-refractivity contribution is 0.102. The number of fused-ring (bicyclic) bond motifs is 1. The van der Waals surface area contributed by atoms with Crippen molar-refractivity contribution in [3.63, 3.8) is 0 Å². The molecular weight excluding hydrogens is 448 g/mol. The number of nitrogens with one attached hydrogen (secondary N) is 2. The van der Waals surface area contributed by atoms with E-state index in [1.165, 1.54) is 5.56 Å². The summed E-state index contributed by atoms with van der Waals surface area (Å²) in [6.07, 6.45) is 0. The summed E-state index contributed by atoms with van der Waals surface area (Å²) in [5, 5.41) is 2.99. The summed E-state index contributed by atoms with van der Waals surface area (Å²) in [5.41, 5.74) is 7.64. The molecule has 5 aromatic rings. The van der Waals surface area contributed by atoms with E-state index in [0.29, 0.717) is 5.56 Å². The molecule has 2 N–H and O–H groups in total. The van der Waals surface area contributed by atoms with E-state index in [1.54, 1.807) is 0 Å². The molecule has 0 radical (unpaired) electrons. The molecule has 0 aliphatic carbocycles. The van der Waals surface area contributed by atoms with Crippen LogP contribution in [0.5, 0.6) is 0 Å². The van der Waals surface area contributed by atoms with Gasteiger partial charge in [0.2, 0.25) is 0 Å². The third kappa shape index (κ3) is 4.59. The van der Waals surface area contributed by atoms with Gasteiger partial charge in [-0.25, -0.2) is 4.98 Å². The van der Waals surface area contributed by atoms with E-state index >= 15 is 0 Å². The number of benzene rings is 4. The Morgan fingerprint density at radius 1 is 0.806 bits per heavy atom. The van der Waals surface area contributed by atoms with Gasteiger partial charge in [0.1, 0.15) is 5.82 Å². The van der Waals surface area contributed by atoms with Crippen molar-refractivity contribution in [1.29, 1.82) is 0 Å². The summed E-state index contributed by atoms with van der Waals surface area (Å²) >= 11 is 0. The van der Waals surface area contributed by atoms with Gasteiger partial charge < -0.3 is 19.9 Å². The number of carbonyl (C=O) groups is 1. The van der Waals surface area contributed by atoms with Crippen LogP contribution in [-0.2, 0) is 4.74 Å². The fourth-order valence-corrected chi connectivity index (χ4v) is 4.52. The van der Waals surface area contributed by atoms with Gasteiger partial charge in [-0.05, 0) is 59.7 Å². The van der Waals surface area contributed by atoms with Gasteiger partial charge >= 0.3 is 0 Å². The molecular formula is C30H26N4O2. The summed E-state index contributed by atoms with van der Waals surface area (Å²) in [6.45, 7) is 3.27. The molecule has 0 unspecified atom stereocenters. The van der Waals surface area contributed by atoms with Crippen molar-refractivity contribution in [3.8, 4) is 22.5 Å². The summed E-state index contributed by atoms with van der Waals surface area (Å²) < 4.78 is 5.42. The van der Waals surface area contributed by atoms with Crippen molar-refractivity contribution in [1.82, 2.24) is 9.97 Å². The van der Waals surface area contributed by atoms with Gasteiger partial charge in [0.05, 0.1) is 24.2 Å². The molecule has 178 valence electrons. The summed E-state index contributed by atoms with van der Waals surface area (Å²) in [6, 6.07) is 32.0. The standard InChI is InChI=1S/C30H26N4O2/c35-30(31-25-11-13-26(14-12-25)34-16-18-36-19-17-34)23-8-6-22(7-9-23)29-32-27-15-10-24(20-28(27)33-29)21-4-2-1-3-5-21/h1-15,20H,16-19H2,(H,31,35)(H,32,33). The Morgan fingerprint density at radius 2 is 1.53 bits per heavy atom. The molecule has 0 spiro atoms. The highest BCUT2D eigenvalue weighted by atomic mass is 16.5. The first-order chi connectivity index (χ1) is 17.7. The second-order valence-corrected chi connectivity index (χ2v) is 8.86. The van der Waals surface area contributed by atoms with Gasteiger partial charge in [-0.3, -0.25) is 4.79 Å². The number of carbonyl (C=O) groups excluding carboxylic acids is 1. The van der Waals surface area contributed by atoms with Crippen molar-refractivity contribution < 1.29 is 9.53 Å². The Hall–Kier alpha value is -4.42. The van der Waals surface area contributed by atoms with E-state index < -0.39 is 0 Å². The zero-order valence-electron chi connectivity index (χ0n) is 19.8. The van der Waals surface area contributed by atoms with Gasteiger partial charge in [0.25, 0.3) is 5.91 Å². The Labute approximate surface area is 209 Å². The lowest BCUT2D eigenvalue weighted by Gasteiger charge is -2.28. The molecule has 0 atom stereocenters. The molecule has 6 nitrogen and oxygen atoms in total. The summed E-state index contributed by atoms with van der Waals surface area (Å²) in [7, 11) is 0. The molecule has 0 saturated carbocycles. The van der Waals surface area contributed by atoms with Gasteiger partial charge in [0.15, 0.2) is 0 Å². The molecule has 4 aromatic carbocycles. The number of imidazole rings is 1. The van der Waals surface area contributed by atoms with Gasteiger partial charge in [0, 0.05) is 35.6 Å². The third-order valence-corrected chi connectivity index (χ3v) is 6.51. The molecule has 6 heteroatoms. The number of hydrogen-bond donors (Lipinski definition) is 2. The van der Waals surface area contributed by atoms with Crippen LogP contribution in [-0.4, -0.2) is 42.2 Å². The fourth-order valence-electron chi connectivity index (χ4n) is 4.52. The van der Waals surface area contributed by atoms with Crippen molar-refractivity contribution in [2.24, 2.45) is 0 Å². The highest BCUT2D eigenvalue weighted by molar-refractivity contribution is 6.04. The maximum Gasteiger partial charge on any atom is 0.255 e. The molecule has 1 saturated heterocycles. The number of morpholine rings is 1. The van der Waals surface area contributed by atoms with Crippen LogP contribution in [0.15, 0.2) is 97.1 Å². The van der Waals surface area contributed by atoms with E-state index in [4.69, 9.17) is 9.72 Å². The molecule has 1 fully saturated rings. The number of aromatic nitrogens is 2. The lowest BCUT2D eigenvalue weighted by Crippen LogP contribution is -2.36. The average molecular weight is 475 g/mol. The van der Waals surface area contributed by atoms with Crippen molar-refractivity contribution in [2.75, 3.05) is 36.5 Å². The number of hydrogen-bond acceptors (Lipinski definition) is 4. The number of nitrogens with zero attached hydrogens (tertiary/aromatic N) is 2. The zero-order valence-corrected chi connectivity index (χ0v) is 19.8. The molecule has 2 heterocycles. The Kier molecular flexibility index (Phi) is 5.93. The maximum atomic E-state index is 12.8. The van der Waals surface area contributed by atoms with Crippen LogP contribution in [0.25, 0.3) is 33.5 Å². The number of ether oxygens (including phenoxy) is 1. The van der Waals surface area contributed by atoms with E-state index in [0.717, 1.165) is 65.7 Å². The largest absolute Gasteiger partial charge is 0.378 e. The minimum Gasteiger partial charge on any atom is -0.378 e. The normalized spacial score (nSPS) is 13.6. The lowest BCUT2D eigenvalue weighted by atomic mass is 10.1. The van der Waals surface area contributed by atoms with E-state index in [-0.39, 0.29) is 5.91 Å². The van der Waals surface area contributed by atoms with Crippen LogP contribution in [0.2, 0.25) is 0 Å². The first-order valence-electron chi connectivity index (χ1n) is 12.1. The molecule has 36 heavy (non-hydrogen) atoms. The van der Waals surface area contributed by atoms with Crippen molar-refractivity contribution in [3.05, 3.63) is 103 Å². The van der Waals surface area contributed by atoms with Crippen LogP contribution in [0.4, 0.5) is 11.4 Å². The molecule has 6 rings (SSSR count). The van der Waals surface area contributed by atoms with Gasteiger partial charge in [-0.15, -0.1) is 0 Å². The monoisotopic (exact) mass is 474 g/mol. The number of anilines is 2. The van der Waals surface area contributed by atoms with E-state index in [2.05, 4.69) is 39.5 Å². The van der Waals surface area contributed by atoms with E-state index in [9.17, 15) is 4.79 Å². The highest BCUT2D eigenvalue weighted by Crippen LogP contribution is 2.26. The first-order valence-corrected chi connectivity index (χ1v) is 12.1. The number of H-pyrrole nitrogens is 1. The second-order valence-electron chi connectivity index (χ2n) is 8.86.